The Hall–Kier alpha value is -2.83. The minimum Gasteiger partial charge on any atom is -0.474 e. The quantitative estimate of drug-likeness (QED) is 0.829. The van der Waals surface area contributed by atoms with Crippen LogP contribution in [0.4, 0.5) is 0 Å². The lowest BCUT2D eigenvalue weighted by Crippen LogP contribution is -2.45. The van der Waals surface area contributed by atoms with E-state index in [1.165, 1.54) is 19.1 Å². The van der Waals surface area contributed by atoms with Crippen molar-refractivity contribution in [3.63, 3.8) is 0 Å². The van der Waals surface area contributed by atoms with Gasteiger partial charge < -0.3 is 19.4 Å². The predicted molar refractivity (Wildman–Crippen MR) is 102 cm³/mol. The van der Waals surface area contributed by atoms with Crippen LogP contribution in [0.15, 0.2) is 41.1 Å². The molecule has 7 heteroatoms. The van der Waals surface area contributed by atoms with Crippen LogP contribution in [0.5, 0.6) is 5.88 Å². The highest BCUT2D eigenvalue weighted by molar-refractivity contribution is 5.95. The first kappa shape index (κ1) is 18.5. The molecule has 1 atom stereocenters. The SMILES string of the molecule is O=C(NCc1cccnc1OC1CCCC1)[C@H]1CCCN1C(=O)c1ccco1. The van der Waals surface area contributed by atoms with Crippen LogP contribution in [-0.2, 0) is 11.3 Å². The van der Waals surface area contributed by atoms with Crippen molar-refractivity contribution in [3.05, 3.63) is 48.0 Å². The van der Waals surface area contributed by atoms with E-state index >= 15 is 0 Å². The zero-order valence-corrected chi connectivity index (χ0v) is 15.8. The van der Waals surface area contributed by atoms with Gasteiger partial charge in [0.05, 0.1) is 6.26 Å². The predicted octanol–water partition coefficient (Wildman–Crippen LogP) is 2.92. The van der Waals surface area contributed by atoms with E-state index in [4.69, 9.17) is 9.15 Å². The van der Waals surface area contributed by atoms with Gasteiger partial charge in [-0.3, -0.25) is 9.59 Å². The molecular weight excluding hydrogens is 358 g/mol. The highest BCUT2D eigenvalue weighted by atomic mass is 16.5. The summed E-state index contributed by atoms with van der Waals surface area (Å²) in [6.45, 7) is 0.883. The second kappa shape index (κ2) is 8.46. The first-order valence-electron chi connectivity index (χ1n) is 9.95. The number of carbonyl (C=O) groups is 2. The number of amides is 2. The summed E-state index contributed by atoms with van der Waals surface area (Å²) >= 11 is 0. The number of likely N-dealkylation sites (tertiary alicyclic amines) is 1. The summed E-state index contributed by atoms with van der Waals surface area (Å²) in [5, 5.41) is 2.95. The molecule has 2 amide bonds. The lowest BCUT2D eigenvalue weighted by molar-refractivity contribution is -0.125. The molecule has 2 fully saturated rings. The van der Waals surface area contributed by atoms with Crippen molar-refractivity contribution < 1.29 is 18.7 Å². The van der Waals surface area contributed by atoms with Gasteiger partial charge in [0.2, 0.25) is 11.8 Å². The van der Waals surface area contributed by atoms with Crippen molar-refractivity contribution in [2.75, 3.05) is 6.54 Å². The molecule has 0 aromatic carbocycles. The fraction of sp³-hybridized carbons (Fsp3) is 0.476. The van der Waals surface area contributed by atoms with Crippen LogP contribution >= 0.6 is 0 Å². The van der Waals surface area contributed by atoms with Gasteiger partial charge in [-0.2, -0.15) is 0 Å². The molecule has 148 valence electrons. The fourth-order valence-electron chi connectivity index (χ4n) is 3.95. The maximum absolute atomic E-state index is 12.8. The minimum atomic E-state index is -0.478. The maximum atomic E-state index is 12.8. The molecule has 1 saturated heterocycles. The van der Waals surface area contributed by atoms with Gasteiger partial charge in [0.15, 0.2) is 5.76 Å². The monoisotopic (exact) mass is 383 g/mol. The molecule has 2 aromatic heterocycles. The largest absolute Gasteiger partial charge is 0.474 e. The Morgan fingerprint density at radius 1 is 1.18 bits per heavy atom. The van der Waals surface area contributed by atoms with Crippen molar-refractivity contribution in [1.29, 1.82) is 0 Å². The van der Waals surface area contributed by atoms with Crippen LogP contribution in [0, 0.1) is 0 Å². The fourth-order valence-corrected chi connectivity index (χ4v) is 3.95. The summed E-state index contributed by atoms with van der Waals surface area (Å²) in [5.41, 5.74) is 0.852. The molecule has 3 heterocycles. The highest BCUT2D eigenvalue weighted by Gasteiger charge is 2.35. The molecular formula is C21H25N3O4. The van der Waals surface area contributed by atoms with Gasteiger partial charge in [0, 0.05) is 24.8 Å². The number of pyridine rings is 1. The zero-order chi connectivity index (χ0) is 19.3. The molecule has 1 aliphatic carbocycles. The first-order valence-corrected chi connectivity index (χ1v) is 9.95. The number of nitrogens with one attached hydrogen (secondary N) is 1. The zero-order valence-electron chi connectivity index (χ0n) is 15.8. The summed E-state index contributed by atoms with van der Waals surface area (Å²) in [5.74, 6) is 0.450. The Morgan fingerprint density at radius 3 is 2.82 bits per heavy atom. The lowest BCUT2D eigenvalue weighted by atomic mass is 10.2. The van der Waals surface area contributed by atoms with Gasteiger partial charge in [-0.05, 0) is 56.7 Å². The number of hydrogen-bond acceptors (Lipinski definition) is 5. The average molecular weight is 383 g/mol. The van der Waals surface area contributed by atoms with Gasteiger partial charge in [-0.15, -0.1) is 0 Å². The third kappa shape index (κ3) is 4.03. The summed E-state index contributed by atoms with van der Waals surface area (Å²) in [4.78, 5) is 31.3. The molecule has 0 bridgehead atoms. The molecule has 2 aromatic rings. The van der Waals surface area contributed by atoms with Gasteiger partial charge in [0.25, 0.3) is 5.91 Å². The molecule has 0 unspecified atom stereocenters. The Balaban J connectivity index is 1.38. The number of ether oxygens (including phenoxy) is 1. The number of rotatable bonds is 6. The van der Waals surface area contributed by atoms with Crippen LogP contribution in [0.2, 0.25) is 0 Å². The third-order valence-corrected chi connectivity index (χ3v) is 5.43. The standard InChI is InChI=1S/C21H25N3O4/c25-19(17-9-4-12-24(17)21(26)18-10-5-13-27-18)23-14-15-6-3-11-22-20(15)28-16-7-1-2-8-16/h3,5-6,10-11,13,16-17H,1-2,4,7-9,12,14H2,(H,23,25)/t17-/m1/s1. The van der Waals surface area contributed by atoms with Crippen molar-refractivity contribution in [3.8, 4) is 5.88 Å². The van der Waals surface area contributed by atoms with Crippen LogP contribution in [0.3, 0.4) is 0 Å². The summed E-state index contributed by atoms with van der Waals surface area (Å²) in [6.07, 6.45) is 9.30. The molecule has 0 radical (unpaired) electrons. The molecule has 2 aliphatic rings. The second-order valence-electron chi connectivity index (χ2n) is 7.34. The van der Waals surface area contributed by atoms with E-state index in [0.717, 1.165) is 24.8 Å². The number of nitrogens with zero attached hydrogens (tertiary/aromatic N) is 2. The first-order chi connectivity index (χ1) is 13.7. The van der Waals surface area contributed by atoms with E-state index in [1.54, 1.807) is 23.2 Å². The number of aromatic nitrogens is 1. The van der Waals surface area contributed by atoms with Crippen LogP contribution in [-0.4, -0.2) is 40.4 Å². The van der Waals surface area contributed by atoms with Crippen molar-refractivity contribution in [2.45, 2.75) is 57.2 Å². The summed E-state index contributed by atoms with van der Waals surface area (Å²) in [7, 11) is 0. The molecule has 4 rings (SSSR count). The van der Waals surface area contributed by atoms with Crippen molar-refractivity contribution in [2.24, 2.45) is 0 Å². The Morgan fingerprint density at radius 2 is 2.04 bits per heavy atom. The summed E-state index contributed by atoms with van der Waals surface area (Å²) < 4.78 is 11.2. The Bertz CT molecular complexity index is 815. The highest BCUT2D eigenvalue weighted by Crippen LogP contribution is 2.25. The van der Waals surface area contributed by atoms with E-state index in [1.807, 2.05) is 12.1 Å². The van der Waals surface area contributed by atoms with E-state index in [2.05, 4.69) is 10.3 Å². The van der Waals surface area contributed by atoms with E-state index < -0.39 is 6.04 Å². The molecule has 28 heavy (non-hydrogen) atoms. The average Bonchev–Trinajstić information content (AvgIpc) is 3.49. The molecule has 1 aliphatic heterocycles. The third-order valence-electron chi connectivity index (χ3n) is 5.43. The summed E-state index contributed by atoms with van der Waals surface area (Å²) in [6, 6.07) is 6.57. The van der Waals surface area contributed by atoms with Gasteiger partial charge in [0.1, 0.15) is 12.1 Å². The van der Waals surface area contributed by atoms with E-state index in [-0.39, 0.29) is 23.7 Å². The van der Waals surface area contributed by atoms with Crippen molar-refractivity contribution >= 4 is 11.8 Å². The molecule has 0 spiro atoms. The van der Waals surface area contributed by atoms with Gasteiger partial charge in [-0.25, -0.2) is 4.98 Å². The van der Waals surface area contributed by atoms with Gasteiger partial charge in [-0.1, -0.05) is 6.07 Å². The number of furan rings is 1. The number of carbonyl (C=O) groups excluding carboxylic acids is 2. The Labute approximate surface area is 164 Å². The Kier molecular flexibility index (Phi) is 5.60. The van der Waals surface area contributed by atoms with E-state index in [0.29, 0.717) is 25.4 Å². The molecule has 1 saturated carbocycles. The second-order valence-corrected chi connectivity index (χ2v) is 7.34. The lowest BCUT2D eigenvalue weighted by Gasteiger charge is -2.23. The maximum Gasteiger partial charge on any atom is 0.290 e. The van der Waals surface area contributed by atoms with Crippen LogP contribution in [0.25, 0.3) is 0 Å². The van der Waals surface area contributed by atoms with Gasteiger partial charge >= 0.3 is 0 Å². The van der Waals surface area contributed by atoms with Crippen LogP contribution in [0.1, 0.15) is 54.6 Å². The van der Waals surface area contributed by atoms with Crippen molar-refractivity contribution in [1.82, 2.24) is 15.2 Å². The smallest absolute Gasteiger partial charge is 0.290 e. The normalized spacial score (nSPS) is 19.7. The minimum absolute atomic E-state index is 0.159. The molecule has 7 nitrogen and oxygen atoms in total. The van der Waals surface area contributed by atoms with E-state index in [9.17, 15) is 9.59 Å². The molecule has 1 N–H and O–H groups in total. The topological polar surface area (TPSA) is 84.7 Å². The van der Waals surface area contributed by atoms with Crippen LogP contribution < -0.4 is 10.1 Å². The number of hydrogen-bond donors (Lipinski definition) is 1.